The minimum atomic E-state index is -0.847. The molecule has 164 valence electrons. The van der Waals surface area contributed by atoms with Crippen LogP contribution in [0.1, 0.15) is 67.0 Å². The van der Waals surface area contributed by atoms with E-state index in [1.807, 2.05) is 41.5 Å². The number of aliphatic hydroxyl groups excluding tert-OH is 1. The highest BCUT2D eigenvalue weighted by atomic mass is 19.1. The van der Waals surface area contributed by atoms with Crippen molar-refractivity contribution in [1.29, 1.82) is 0 Å². The second-order valence-electron chi connectivity index (χ2n) is 5.60. The van der Waals surface area contributed by atoms with Crippen LogP contribution in [0.3, 0.4) is 0 Å². The molecule has 1 rings (SSSR count). The lowest BCUT2D eigenvalue weighted by Crippen LogP contribution is -2.31. The third-order valence-corrected chi connectivity index (χ3v) is 3.49. The molecule has 2 N–H and O–H groups in total. The van der Waals surface area contributed by atoms with Crippen LogP contribution in [-0.4, -0.2) is 41.1 Å². The van der Waals surface area contributed by atoms with Gasteiger partial charge in [0.05, 0.1) is 19.4 Å². The Kier molecular flexibility index (Phi) is 17.3. The topological polar surface area (TPSA) is 103 Å². The summed E-state index contributed by atoms with van der Waals surface area (Å²) in [6.07, 6.45) is 1.62. The molecule has 0 aliphatic heterocycles. The average Bonchev–Trinajstić information content (AvgIpc) is 2.72. The van der Waals surface area contributed by atoms with Crippen molar-refractivity contribution in [3.63, 3.8) is 0 Å². The van der Waals surface area contributed by atoms with Crippen molar-refractivity contribution in [3.05, 3.63) is 22.5 Å². The van der Waals surface area contributed by atoms with Crippen LogP contribution in [0.2, 0.25) is 0 Å². The van der Waals surface area contributed by atoms with Gasteiger partial charge in [0.1, 0.15) is 6.23 Å². The van der Waals surface area contributed by atoms with Crippen molar-refractivity contribution in [1.82, 2.24) is 9.55 Å². The molecule has 0 aromatic carbocycles. The van der Waals surface area contributed by atoms with E-state index >= 15 is 0 Å². The molecule has 2 atom stereocenters. The van der Waals surface area contributed by atoms with Crippen LogP contribution in [0.25, 0.3) is 0 Å². The van der Waals surface area contributed by atoms with Gasteiger partial charge in [-0.15, -0.1) is 0 Å². The number of aliphatic hydroxyl groups is 1. The van der Waals surface area contributed by atoms with Crippen molar-refractivity contribution < 1.29 is 23.8 Å². The van der Waals surface area contributed by atoms with E-state index < -0.39 is 29.6 Å². The number of ether oxygens (including phenoxy) is 2. The summed E-state index contributed by atoms with van der Waals surface area (Å²) in [5.74, 6) is -0.940. The summed E-state index contributed by atoms with van der Waals surface area (Å²) in [4.78, 5) is 27.1. The maximum atomic E-state index is 14.1. The second kappa shape index (κ2) is 17.1. The van der Waals surface area contributed by atoms with Crippen molar-refractivity contribution in [2.45, 2.75) is 67.0 Å². The van der Waals surface area contributed by atoms with Crippen LogP contribution in [-0.2, 0) is 9.47 Å². The molecule has 8 nitrogen and oxygen atoms in total. The Labute approximate surface area is 167 Å². The fourth-order valence-corrected chi connectivity index (χ4v) is 1.85. The van der Waals surface area contributed by atoms with Crippen LogP contribution < -0.4 is 11.0 Å². The molecule has 0 fully saturated rings. The monoisotopic (exact) mass is 405 g/mol. The normalized spacial score (nSPS) is 11.9. The van der Waals surface area contributed by atoms with E-state index in [1.54, 1.807) is 0 Å². The van der Waals surface area contributed by atoms with Gasteiger partial charge in [-0.05, 0) is 18.8 Å². The highest BCUT2D eigenvalue weighted by Crippen LogP contribution is 2.16. The van der Waals surface area contributed by atoms with Crippen LogP contribution >= 0.6 is 0 Å². The molecule has 0 radical (unpaired) electrons. The molecule has 0 bridgehead atoms. The molecule has 0 aliphatic carbocycles. The van der Waals surface area contributed by atoms with E-state index in [0.29, 0.717) is 25.4 Å². The van der Waals surface area contributed by atoms with Crippen LogP contribution in [0.4, 0.5) is 15.0 Å². The van der Waals surface area contributed by atoms with E-state index in [-0.39, 0.29) is 6.61 Å². The summed E-state index contributed by atoms with van der Waals surface area (Å²) < 4.78 is 25.7. The largest absolute Gasteiger partial charge is 0.449 e. The van der Waals surface area contributed by atoms with Gasteiger partial charge >= 0.3 is 11.8 Å². The summed E-state index contributed by atoms with van der Waals surface area (Å²) in [5, 5.41) is 9.13. The van der Waals surface area contributed by atoms with Crippen LogP contribution in [0.5, 0.6) is 0 Å². The quantitative estimate of drug-likeness (QED) is 0.645. The summed E-state index contributed by atoms with van der Waals surface area (Å²) >= 11 is 0. The molecular formula is C19H36FN3O5. The highest BCUT2D eigenvalue weighted by Gasteiger charge is 2.18. The van der Waals surface area contributed by atoms with Gasteiger partial charge < -0.3 is 14.6 Å². The van der Waals surface area contributed by atoms with Crippen LogP contribution in [0, 0.1) is 11.7 Å². The minimum Gasteiger partial charge on any atom is -0.449 e. The number of carbonyl (C=O) groups excluding carboxylic acids is 1. The first-order valence-electron chi connectivity index (χ1n) is 9.71. The molecule has 1 unspecified atom stereocenters. The molecule has 1 amide bonds. The summed E-state index contributed by atoms with van der Waals surface area (Å²) in [6, 6.07) is 0. The fraction of sp³-hybridized carbons (Fsp3) is 0.737. The van der Waals surface area contributed by atoms with Gasteiger partial charge in [0.25, 0.3) is 0 Å². The Hall–Kier alpha value is -2.00. The Morgan fingerprint density at radius 2 is 1.89 bits per heavy atom. The second-order valence-corrected chi connectivity index (χ2v) is 5.60. The first-order valence-corrected chi connectivity index (χ1v) is 9.71. The third kappa shape index (κ3) is 10.4. The standard InChI is InChI=1S/C16H26FN3O4.C2H6.CH4O/c1-5-8-23-16(22)19-14-12(17)9-20(15(21)18-14)13(7-3)24-10-11(4)6-2;2*1-2/h9,11,13H,5-8,10H2,1-4H3,(H,18,19,21,22);1-2H3;2H,1H3/t11?,13-;;/m0../s1. The Balaban J connectivity index is 0. The number of halogens is 1. The minimum absolute atomic E-state index is 0.200. The molecule has 0 saturated heterocycles. The number of aromatic nitrogens is 2. The highest BCUT2D eigenvalue weighted by molar-refractivity contribution is 5.83. The fourth-order valence-electron chi connectivity index (χ4n) is 1.85. The molecule has 28 heavy (non-hydrogen) atoms. The summed E-state index contributed by atoms with van der Waals surface area (Å²) in [5.41, 5.74) is -0.696. The smallest absolute Gasteiger partial charge is 0.412 e. The predicted molar refractivity (Wildman–Crippen MR) is 108 cm³/mol. The Morgan fingerprint density at radius 3 is 2.39 bits per heavy atom. The molecule has 1 aromatic heterocycles. The molecule has 0 saturated carbocycles. The summed E-state index contributed by atoms with van der Waals surface area (Å²) in [6.45, 7) is 12.4. The lowest BCUT2D eigenvalue weighted by molar-refractivity contribution is -0.0203. The number of hydrogen-bond donors (Lipinski definition) is 2. The first kappa shape index (κ1) is 28.2. The Bertz CT molecular complexity index is 595. The van der Waals surface area contributed by atoms with Crippen molar-refractivity contribution >= 4 is 11.9 Å². The van der Waals surface area contributed by atoms with Gasteiger partial charge in [-0.1, -0.05) is 48.0 Å². The van der Waals surface area contributed by atoms with Crippen molar-refractivity contribution in [3.8, 4) is 0 Å². The van der Waals surface area contributed by atoms with Gasteiger partial charge in [0.15, 0.2) is 11.6 Å². The Morgan fingerprint density at radius 1 is 1.29 bits per heavy atom. The lowest BCUT2D eigenvalue weighted by atomic mass is 10.1. The number of anilines is 1. The number of amides is 1. The maximum absolute atomic E-state index is 14.1. The van der Waals surface area contributed by atoms with Gasteiger partial charge in [0, 0.05) is 7.11 Å². The van der Waals surface area contributed by atoms with E-state index in [4.69, 9.17) is 14.6 Å². The number of rotatable bonds is 9. The summed E-state index contributed by atoms with van der Waals surface area (Å²) in [7, 11) is 1.00. The van der Waals surface area contributed by atoms with Crippen molar-refractivity contribution in [2.75, 3.05) is 25.6 Å². The van der Waals surface area contributed by atoms with E-state index in [0.717, 1.165) is 24.3 Å². The zero-order valence-corrected chi connectivity index (χ0v) is 18.1. The van der Waals surface area contributed by atoms with E-state index in [2.05, 4.69) is 10.3 Å². The number of nitrogens with zero attached hydrogens (tertiary/aromatic N) is 2. The molecule has 1 heterocycles. The van der Waals surface area contributed by atoms with Gasteiger partial charge in [0.2, 0.25) is 0 Å². The van der Waals surface area contributed by atoms with Gasteiger partial charge in [-0.25, -0.2) is 14.0 Å². The SMILES string of the molecule is CC.CCCOC(=O)Nc1nc(=O)n([C@H](CC)OCC(C)CC)cc1F.CO. The van der Waals surface area contributed by atoms with Crippen molar-refractivity contribution in [2.24, 2.45) is 5.92 Å². The average molecular weight is 406 g/mol. The third-order valence-electron chi connectivity index (χ3n) is 3.49. The van der Waals surface area contributed by atoms with Gasteiger partial charge in [-0.3, -0.25) is 9.88 Å². The number of hydrogen-bond acceptors (Lipinski definition) is 6. The number of carbonyl (C=O) groups is 1. The van der Waals surface area contributed by atoms with Crippen LogP contribution in [0.15, 0.2) is 11.0 Å². The zero-order valence-electron chi connectivity index (χ0n) is 18.1. The predicted octanol–water partition coefficient (Wildman–Crippen LogP) is 3.95. The number of nitrogens with one attached hydrogen (secondary N) is 1. The molecule has 0 spiro atoms. The molecule has 0 aliphatic rings. The molecular weight excluding hydrogens is 369 g/mol. The molecule has 9 heteroatoms. The molecule has 1 aromatic rings. The van der Waals surface area contributed by atoms with E-state index in [9.17, 15) is 14.0 Å². The first-order chi connectivity index (χ1) is 13.4. The zero-order chi connectivity index (χ0) is 22.1. The van der Waals surface area contributed by atoms with E-state index in [1.165, 1.54) is 0 Å². The van der Waals surface area contributed by atoms with Gasteiger partial charge in [-0.2, -0.15) is 4.98 Å². The maximum Gasteiger partial charge on any atom is 0.412 e. The lowest BCUT2D eigenvalue weighted by Gasteiger charge is -2.21.